The third kappa shape index (κ3) is 4.36. The zero-order chi connectivity index (χ0) is 34.6. The predicted molar refractivity (Wildman–Crippen MR) is 219 cm³/mol. The first-order chi connectivity index (χ1) is 25.5. The topological polar surface area (TPSA) is 4.93 Å². The molecule has 0 spiro atoms. The minimum absolute atomic E-state index is 0.0539. The van der Waals surface area contributed by atoms with Crippen LogP contribution >= 0.6 is 0 Å². The molecule has 0 radical (unpaired) electrons. The Kier molecular flexibility index (Phi) is 6.20. The van der Waals surface area contributed by atoms with Gasteiger partial charge in [0.25, 0.3) is 0 Å². The molecule has 246 valence electrons. The van der Waals surface area contributed by atoms with Gasteiger partial charge < -0.3 is 4.57 Å². The monoisotopic (exact) mass is 663 g/mol. The van der Waals surface area contributed by atoms with Crippen molar-refractivity contribution < 1.29 is 0 Å². The van der Waals surface area contributed by atoms with E-state index in [9.17, 15) is 0 Å². The summed E-state index contributed by atoms with van der Waals surface area (Å²) in [7, 11) is 0. The number of para-hydroxylation sites is 1. The second-order valence-electron chi connectivity index (χ2n) is 15.4. The maximum Gasteiger partial charge on any atom is 0.0541 e. The van der Waals surface area contributed by atoms with Gasteiger partial charge in [-0.1, -0.05) is 135 Å². The summed E-state index contributed by atoms with van der Waals surface area (Å²) in [6, 6.07) is 59.4. The first-order valence-corrected chi connectivity index (χ1v) is 18.5. The molecule has 0 saturated heterocycles. The average Bonchev–Trinajstić information content (AvgIpc) is 3.65. The van der Waals surface area contributed by atoms with E-state index >= 15 is 0 Å². The molecule has 1 nitrogen and oxygen atoms in total. The molecule has 0 N–H and O–H groups in total. The summed E-state index contributed by atoms with van der Waals surface area (Å²) >= 11 is 0. The molecule has 3 aliphatic rings. The molecule has 14 bridgehead atoms. The molecule has 3 aliphatic carbocycles. The molecule has 0 fully saturated rings. The molecule has 1 atom stereocenters. The second kappa shape index (κ2) is 10.9. The summed E-state index contributed by atoms with van der Waals surface area (Å²) in [5.74, 6) is 0.344. The number of fused-ring (bicyclic) bond motifs is 16. The van der Waals surface area contributed by atoms with Crippen molar-refractivity contribution in [1.29, 1.82) is 0 Å². The average molecular weight is 664 g/mol. The Morgan fingerprint density at radius 1 is 0.500 bits per heavy atom. The molecule has 52 heavy (non-hydrogen) atoms. The summed E-state index contributed by atoms with van der Waals surface area (Å²) in [4.78, 5) is 0. The third-order valence-corrected chi connectivity index (χ3v) is 12.1. The van der Waals surface area contributed by atoms with Crippen LogP contribution < -0.4 is 0 Å². The Bertz CT molecular complexity index is 2840. The second-order valence-corrected chi connectivity index (χ2v) is 15.4. The van der Waals surface area contributed by atoms with E-state index in [0.29, 0.717) is 5.92 Å². The van der Waals surface area contributed by atoms with E-state index in [-0.39, 0.29) is 5.41 Å². The Hall–Kier alpha value is -6.18. The number of hydrogen-bond donors (Lipinski definition) is 0. The fraction of sp³-hybridized carbons (Fsp3) is 0.0980. The minimum atomic E-state index is -0.0539. The molecule has 8 aromatic rings. The summed E-state index contributed by atoms with van der Waals surface area (Å²) in [5.41, 5.74) is 20.7. The highest BCUT2D eigenvalue weighted by Crippen LogP contribution is 2.53. The quantitative estimate of drug-likeness (QED) is 0.165. The van der Waals surface area contributed by atoms with E-state index in [1.807, 2.05) is 0 Å². The molecular weight excluding hydrogens is 627 g/mol. The van der Waals surface area contributed by atoms with E-state index < -0.39 is 0 Å². The molecule has 7 aromatic carbocycles. The smallest absolute Gasteiger partial charge is 0.0541 e. The van der Waals surface area contributed by atoms with Crippen LogP contribution in [0, 0.1) is 0 Å². The van der Waals surface area contributed by atoms with Crippen LogP contribution in [0.5, 0.6) is 0 Å². The Morgan fingerprint density at radius 3 is 1.67 bits per heavy atom. The number of nitrogens with zero attached hydrogens (tertiary/aromatic N) is 1. The standard InChI is InChI=1S/C51H37N/c1-51(2)47-30-40-17-21-43(47)44-22-18-41(31-48(44)51)39-20-24-50-46(29-39)45-28-38(19-23-49(45)52(50)42-15-4-3-5-16-42)36-13-7-11-34(26-36)32-9-6-10-33(25-32)35-12-8-14-37(40)27-35/h3-29,31,40H,30H2,1-2H3. The Morgan fingerprint density at radius 2 is 1.04 bits per heavy atom. The lowest BCUT2D eigenvalue weighted by Crippen LogP contribution is -2.19. The molecule has 11 rings (SSSR count). The van der Waals surface area contributed by atoms with Crippen LogP contribution in [0.2, 0.25) is 0 Å². The van der Waals surface area contributed by atoms with Crippen molar-refractivity contribution in [2.45, 2.75) is 31.6 Å². The molecule has 0 saturated carbocycles. The van der Waals surface area contributed by atoms with Gasteiger partial charge >= 0.3 is 0 Å². The van der Waals surface area contributed by atoms with Gasteiger partial charge in [-0.3, -0.25) is 0 Å². The van der Waals surface area contributed by atoms with E-state index in [1.54, 1.807) is 5.57 Å². The maximum atomic E-state index is 2.48. The number of hydrogen-bond acceptors (Lipinski definition) is 0. The molecule has 1 heteroatoms. The maximum absolute atomic E-state index is 2.48. The first-order valence-electron chi connectivity index (χ1n) is 18.5. The highest BCUT2D eigenvalue weighted by atomic mass is 15.0. The first kappa shape index (κ1) is 29.5. The molecule has 0 amide bonds. The Balaban J connectivity index is 1.18. The fourth-order valence-corrected chi connectivity index (χ4v) is 9.37. The summed E-state index contributed by atoms with van der Waals surface area (Å²) in [6.07, 6.45) is 5.89. The van der Waals surface area contributed by atoms with Crippen LogP contribution in [0.4, 0.5) is 0 Å². The van der Waals surface area contributed by atoms with Gasteiger partial charge in [0.05, 0.1) is 11.0 Å². The van der Waals surface area contributed by atoms with E-state index in [2.05, 4.69) is 188 Å². The highest BCUT2D eigenvalue weighted by Gasteiger charge is 2.39. The van der Waals surface area contributed by atoms with Crippen LogP contribution in [-0.2, 0) is 5.41 Å². The molecule has 1 aromatic heterocycles. The van der Waals surface area contributed by atoms with Crippen molar-refractivity contribution in [2.24, 2.45) is 0 Å². The highest BCUT2D eigenvalue weighted by molar-refractivity contribution is 6.11. The number of rotatable bonds is 1. The normalized spacial score (nSPS) is 16.4. The zero-order valence-electron chi connectivity index (χ0n) is 29.4. The van der Waals surface area contributed by atoms with Gasteiger partial charge in [-0.2, -0.15) is 0 Å². The largest absolute Gasteiger partial charge is 0.309 e. The van der Waals surface area contributed by atoms with Crippen LogP contribution in [0.3, 0.4) is 0 Å². The molecular formula is C51H37N. The third-order valence-electron chi connectivity index (χ3n) is 12.1. The van der Waals surface area contributed by atoms with Crippen molar-refractivity contribution in [3.63, 3.8) is 0 Å². The van der Waals surface area contributed by atoms with Crippen molar-refractivity contribution in [3.8, 4) is 50.2 Å². The van der Waals surface area contributed by atoms with Gasteiger partial charge in [0.15, 0.2) is 0 Å². The molecule has 1 heterocycles. The van der Waals surface area contributed by atoms with Gasteiger partial charge in [0.1, 0.15) is 0 Å². The van der Waals surface area contributed by atoms with E-state index in [1.165, 1.54) is 94.3 Å². The molecule has 0 aliphatic heterocycles. The van der Waals surface area contributed by atoms with Crippen LogP contribution in [0.25, 0.3) is 77.6 Å². The van der Waals surface area contributed by atoms with Gasteiger partial charge in [0, 0.05) is 27.8 Å². The van der Waals surface area contributed by atoms with Crippen molar-refractivity contribution in [2.75, 3.05) is 0 Å². The van der Waals surface area contributed by atoms with Crippen LogP contribution in [-0.4, -0.2) is 4.57 Å². The van der Waals surface area contributed by atoms with Gasteiger partial charge in [0.2, 0.25) is 0 Å². The lowest BCUT2D eigenvalue weighted by molar-refractivity contribution is 0.591. The van der Waals surface area contributed by atoms with Gasteiger partial charge in [-0.25, -0.2) is 0 Å². The predicted octanol–water partition coefficient (Wildman–Crippen LogP) is 13.6. The Labute approximate surface area is 304 Å². The molecule has 1 unspecified atom stereocenters. The summed E-state index contributed by atoms with van der Waals surface area (Å²) in [6.45, 7) is 4.86. The lowest BCUT2D eigenvalue weighted by Gasteiger charge is -2.29. The number of benzene rings is 7. The van der Waals surface area contributed by atoms with Gasteiger partial charge in [-0.15, -0.1) is 0 Å². The number of allylic oxidation sites excluding steroid dienone is 4. The summed E-state index contributed by atoms with van der Waals surface area (Å²) < 4.78 is 2.42. The van der Waals surface area contributed by atoms with Crippen molar-refractivity contribution in [3.05, 3.63) is 192 Å². The minimum Gasteiger partial charge on any atom is -0.309 e. The van der Waals surface area contributed by atoms with Gasteiger partial charge in [-0.05, 0) is 128 Å². The SMILES string of the molecule is CC1(C)C2=C3C=CC(C2)c2cccc(c2)-c2cccc(c2)-c2cccc(c2)-c2ccc4c(c2)c2cc(ccc2n4-c2ccccc2)-c2ccc3c1c2. The van der Waals surface area contributed by atoms with Crippen LogP contribution in [0.1, 0.15) is 42.9 Å². The van der Waals surface area contributed by atoms with Crippen molar-refractivity contribution in [1.82, 2.24) is 4.57 Å². The summed E-state index contributed by atoms with van der Waals surface area (Å²) in [5, 5.41) is 2.54. The lowest BCUT2D eigenvalue weighted by atomic mass is 9.74. The number of aromatic nitrogens is 1. The van der Waals surface area contributed by atoms with Crippen molar-refractivity contribution >= 4 is 27.4 Å². The van der Waals surface area contributed by atoms with E-state index in [4.69, 9.17) is 0 Å². The van der Waals surface area contributed by atoms with E-state index in [0.717, 1.165) is 6.42 Å². The zero-order valence-corrected chi connectivity index (χ0v) is 29.4. The van der Waals surface area contributed by atoms with Crippen LogP contribution in [0.15, 0.2) is 175 Å². The fourth-order valence-electron chi connectivity index (χ4n) is 9.37.